The van der Waals surface area contributed by atoms with Gasteiger partial charge in [-0.25, -0.2) is 0 Å². The Morgan fingerprint density at radius 3 is 2.83 bits per heavy atom. The molecule has 0 aromatic carbocycles. The fourth-order valence-electron chi connectivity index (χ4n) is 3.01. The lowest BCUT2D eigenvalue weighted by molar-refractivity contribution is -0.146. The van der Waals surface area contributed by atoms with E-state index in [1.165, 1.54) is 25.5 Å². The Bertz CT molecular complexity index is 565. The smallest absolute Gasteiger partial charge is 0.310 e. The zero-order valence-electron chi connectivity index (χ0n) is 14.6. The van der Waals surface area contributed by atoms with Gasteiger partial charge in [0.2, 0.25) is 5.91 Å². The van der Waals surface area contributed by atoms with E-state index < -0.39 is 0 Å². The van der Waals surface area contributed by atoms with E-state index in [4.69, 9.17) is 4.74 Å². The van der Waals surface area contributed by atoms with Crippen LogP contribution in [0.15, 0.2) is 29.2 Å². The van der Waals surface area contributed by atoms with Crippen LogP contribution in [0.25, 0.3) is 0 Å². The van der Waals surface area contributed by atoms with E-state index in [1.807, 2.05) is 29.3 Å². The predicted octanol–water partition coefficient (Wildman–Crippen LogP) is 3.82. The molecule has 2 rings (SSSR count). The number of allylic oxidation sites excluding steroid dienone is 1. The highest BCUT2D eigenvalue weighted by atomic mass is 32.1. The van der Waals surface area contributed by atoms with E-state index in [0.29, 0.717) is 19.5 Å². The van der Waals surface area contributed by atoms with Gasteiger partial charge in [-0.15, -0.1) is 11.3 Å². The summed E-state index contributed by atoms with van der Waals surface area (Å²) in [6.45, 7) is 2.92. The lowest BCUT2D eigenvalue weighted by atomic mass is 9.97. The van der Waals surface area contributed by atoms with Crippen molar-refractivity contribution in [1.82, 2.24) is 4.90 Å². The first-order valence-electron chi connectivity index (χ1n) is 8.66. The molecule has 0 saturated heterocycles. The van der Waals surface area contributed by atoms with Gasteiger partial charge in [-0.3, -0.25) is 9.59 Å². The summed E-state index contributed by atoms with van der Waals surface area (Å²) in [5.74, 6) is -0.479. The molecule has 0 bridgehead atoms. The minimum Gasteiger partial charge on any atom is -0.469 e. The normalized spacial score (nSPS) is 15.5. The summed E-state index contributed by atoms with van der Waals surface area (Å²) in [7, 11) is 1.39. The standard InChI is InChI=1S/C19H27NO3S/c1-15(19(22)23-2)14-20(11-10-16-7-4-3-5-8-16)18(21)13-17-9-6-12-24-17/h6-7,9,12,15H,3-5,8,10-11,13-14H2,1-2H3. The van der Waals surface area contributed by atoms with Crippen LogP contribution in [0.1, 0.15) is 43.9 Å². The summed E-state index contributed by atoms with van der Waals surface area (Å²) >= 11 is 1.59. The molecule has 0 N–H and O–H groups in total. The maximum atomic E-state index is 12.7. The van der Waals surface area contributed by atoms with Crippen LogP contribution < -0.4 is 0 Å². The first-order chi connectivity index (χ1) is 11.6. The number of ether oxygens (including phenoxy) is 1. The van der Waals surface area contributed by atoms with Gasteiger partial charge in [0.15, 0.2) is 0 Å². The number of carbonyl (C=O) groups is 2. The lowest BCUT2D eigenvalue weighted by Crippen LogP contribution is -2.39. The Labute approximate surface area is 148 Å². The molecule has 1 atom stereocenters. The monoisotopic (exact) mass is 349 g/mol. The van der Waals surface area contributed by atoms with Crippen LogP contribution >= 0.6 is 11.3 Å². The Balaban J connectivity index is 1.97. The summed E-state index contributed by atoms with van der Waals surface area (Å²) in [6, 6.07) is 3.94. The molecule has 1 unspecified atom stereocenters. The molecule has 1 aliphatic rings. The second kappa shape index (κ2) is 9.62. The predicted molar refractivity (Wildman–Crippen MR) is 97.0 cm³/mol. The minimum absolute atomic E-state index is 0.0876. The largest absolute Gasteiger partial charge is 0.469 e. The van der Waals surface area contributed by atoms with E-state index in [0.717, 1.165) is 24.1 Å². The molecule has 0 aliphatic heterocycles. The van der Waals surface area contributed by atoms with E-state index in [-0.39, 0.29) is 17.8 Å². The first-order valence-corrected chi connectivity index (χ1v) is 9.54. The molecule has 0 fully saturated rings. The summed E-state index contributed by atoms with van der Waals surface area (Å²) in [4.78, 5) is 27.3. The molecule has 0 spiro atoms. The molecule has 24 heavy (non-hydrogen) atoms. The van der Waals surface area contributed by atoms with E-state index >= 15 is 0 Å². The van der Waals surface area contributed by atoms with Crippen molar-refractivity contribution in [3.8, 4) is 0 Å². The van der Waals surface area contributed by atoms with Crippen LogP contribution in [0, 0.1) is 5.92 Å². The zero-order chi connectivity index (χ0) is 17.4. The van der Waals surface area contributed by atoms with Crippen molar-refractivity contribution in [2.45, 2.75) is 45.4 Å². The number of nitrogens with zero attached hydrogens (tertiary/aromatic N) is 1. The molecule has 1 aliphatic carbocycles. The van der Waals surface area contributed by atoms with Gasteiger partial charge in [-0.1, -0.05) is 24.6 Å². The molecule has 132 valence electrons. The van der Waals surface area contributed by atoms with E-state index in [1.54, 1.807) is 11.3 Å². The average Bonchev–Trinajstić information content (AvgIpc) is 3.11. The molecular weight excluding hydrogens is 322 g/mol. The second-order valence-corrected chi connectivity index (χ2v) is 7.41. The number of rotatable bonds is 8. The average molecular weight is 349 g/mol. The maximum Gasteiger partial charge on any atom is 0.310 e. The van der Waals surface area contributed by atoms with Crippen LogP contribution in [-0.2, 0) is 20.7 Å². The number of hydrogen-bond acceptors (Lipinski definition) is 4. The number of esters is 1. The van der Waals surface area contributed by atoms with Gasteiger partial charge in [0.1, 0.15) is 0 Å². The third-order valence-electron chi connectivity index (χ3n) is 4.44. The highest BCUT2D eigenvalue weighted by Gasteiger charge is 2.22. The lowest BCUT2D eigenvalue weighted by Gasteiger charge is -2.26. The van der Waals surface area contributed by atoms with Crippen LogP contribution in [-0.4, -0.2) is 37.0 Å². The molecule has 4 nitrogen and oxygen atoms in total. The van der Waals surface area contributed by atoms with Crippen molar-refractivity contribution in [3.63, 3.8) is 0 Å². The van der Waals surface area contributed by atoms with Gasteiger partial charge in [0.05, 0.1) is 19.4 Å². The van der Waals surface area contributed by atoms with Crippen LogP contribution in [0.4, 0.5) is 0 Å². The summed E-state index contributed by atoms with van der Waals surface area (Å²) in [5.41, 5.74) is 1.45. The van der Waals surface area contributed by atoms with Gasteiger partial charge in [0, 0.05) is 18.0 Å². The van der Waals surface area contributed by atoms with Crippen molar-refractivity contribution in [2.75, 3.05) is 20.2 Å². The second-order valence-electron chi connectivity index (χ2n) is 6.38. The van der Waals surface area contributed by atoms with E-state index in [9.17, 15) is 9.59 Å². The Hall–Kier alpha value is -1.62. The topological polar surface area (TPSA) is 46.6 Å². The summed E-state index contributed by atoms with van der Waals surface area (Å²) in [6.07, 6.45) is 8.43. The van der Waals surface area contributed by atoms with Crippen molar-refractivity contribution in [1.29, 1.82) is 0 Å². The quantitative estimate of drug-likeness (QED) is 0.529. The highest BCUT2D eigenvalue weighted by Crippen LogP contribution is 2.21. The third-order valence-corrected chi connectivity index (χ3v) is 5.32. The van der Waals surface area contributed by atoms with Gasteiger partial charge >= 0.3 is 5.97 Å². The zero-order valence-corrected chi connectivity index (χ0v) is 15.4. The Morgan fingerprint density at radius 1 is 1.38 bits per heavy atom. The summed E-state index contributed by atoms with van der Waals surface area (Å²) in [5, 5.41) is 1.98. The van der Waals surface area contributed by atoms with Crippen molar-refractivity contribution in [2.24, 2.45) is 5.92 Å². The fourth-order valence-corrected chi connectivity index (χ4v) is 3.70. The van der Waals surface area contributed by atoms with Gasteiger partial charge in [-0.2, -0.15) is 0 Å². The number of methoxy groups -OCH3 is 1. The Morgan fingerprint density at radius 2 is 2.21 bits per heavy atom. The summed E-state index contributed by atoms with van der Waals surface area (Å²) < 4.78 is 4.81. The van der Waals surface area contributed by atoms with E-state index in [2.05, 4.69) is 6.08 Å². The van der Waals surface area contributed by atoms with Crippen molar-refractivity contribution >= 4 is 23.2 Å². The van der Waals surface area contributed by atoms with Gasteiger partial charge in [-0.05, 0) is 43.6 Å². The fraction of sp³-hybridized carbons (Fsp3) is 0.579. The molecule has 0 saturated carbocycles. The van der Waals surface area contributed by atoms with Crippen molar-refractivity contribution < 1.29 is 14.3 Å². The molecule has 1 aromatic heterocycles. The molecule has 1 aromatic rings. The number of amides is 1. The number of hydrogen-bond donors (Lipinski definition) is 0. The number of thiophene rings is 1. The number of carbonyl (C=O) groups excluding carboxylic acids is 2. The highest BCUT2D eigenvalue weighted by molar-refractivity contribution is 7.10. The molecule has 1 amide bonds. The van der Waals surface area contributed by atoms with Crippen LogP contribution in [0.5, 0.6) is 0 Å². The molecule has 0 radical (unpaired) electrons. The van der Waals surface area contributed by atoms with Gasteiger partial charge < -0.3 is 9.64 Å². The third kappa shape index (κ3) is 5.78. The first kappa shape index (κ1) is 18.7. The minimum atomic E-state index is -0.303. The van der Waals surface area contributed by atoms with Crippen LogP contribution in [0.3, 0.4) is 0 Å². The van der Waals surface area contributed by atoms with Crippen molar-refractivity contribution in [3.05, 3.63) is 34.0 Å². The Kier molecular flexibility index (Phi) is 7.50. The van der Waals surface area contributed by atoms with Crippen LogP contribution in [0.2, 0.25) is 0 Å². The SMILES string of the molecule is COC(=O)C(C)CN(CCC1=CCCCC1)C(=O)Cc1cccs1. The molecule has 5 heteroatoms. The molecule has 1 heterocycles. The van der Waals surface area contributed by atoms with Gasteiger partial charge in [0.25, 0.3) is 0 Å². The maximum absolute atomic E-state index is 12.7. The molecular formula is C19H27NO3S.